The van der Waals surface area contributed by atoms with Gasteiger partial charge in [0.2, 0.25) is 0 Å². The van der Waals surface area contributed by atoms with Gasteiger partial charge < -0.3 is 8.98 Å². The minimum absolute atomic E-state index is 0.211. The third-order valence-electron chi connectivity index (χ3n) is 11.0. The van der Waals surface area contributed by atoms with Crippen molar-refractivity contribution in [1.29, 1.82) is 0 Å². The molecule has 0 radical (unpaired) electrons. The largest absolute Gasteiger partial charge is 0.456 e. The summed E-state index contributed by atoms with van der Waals surface area (Å²) in [6.45, 7) is 4.38. The van der Waals surface area contributed by atoms with Crippen LogP contribution < -0.4 is 10.6 Å². The van der Waals surface area contributed by atoms with Crippen LogP contribution in [-0.2, 0) is 0 Å². The summed E-state index contributed by atoms with van der Waals surface area (Å²) in [6, 6.07) is 54.4. The Morgan fingerprint density at radius 1 is 0.660 bits per heavy atom. The zero-order valence-electron chi connectivity index (χ0n) is 29.4. The number of nitrogens with zero attached hydrogens (tertiary/aromatic N) is 1. The maximum absolute atomic E-state index is 6.62. The molecule has 0 fully saturated rings. The third-order valence-corrected chi connectivity index (χ3v) is 11.0. The van der Waals surface area contributed by atoms with Crippen LogP contribution in [-0.4, -0.2) is 4.57 Å². The second-order valence-corrected chi connectivity index (χ2v) is 14.0. The van der Waals surface area contributed by atoms with Gasteiger partial charge in [-0.2, -0.15) is 0 Å². The van der Waals surface area contributed by atoms with Crippen molar-refractivity contribution in [3.05, 3.63) is 215 Å². The van der Waals surface area contributed by atoms with Crippen molar-refractivity contribution >= 4 is 61.6 Å². The molecule has 252 valence electrons. The van der Waals surface area contributed by atoms with Crippen molar-refractivity contribution in [3.8, 4) is 5.69 Å². The molecule has 2 nitrogen and oxygen atoms in total. The first-order valence-electron chi connectivity index (χ1n) is 18.5. The molecule has 53 heavy (non-hydrogen) atoms. The van der Waals surface area contributed by atoms with E-state index in [0.717, 1.165) is 34.8 Å². The van der Waals surface area contributed by atoms with Gasteiger partial charge in [0.05, 0.1) is 11.0 Å². The Morgan fingerprint density at radius 2 is 1.38 bits per heavy atom. The molecule has 0 saturated carbocycles. The summed E-state index contributed by atoms with van der Waals surface area (Å²) in [7, 11) is 0. The Balaban J connectivity index is 1.14. The summed E-state index contributed by atoms with van der Waals surface area (Å²) < 4.78 is 9.00. The minimum Gasteiger partial charge on any atom is -0.456 e. The molecule has 10 rings (SSSR count). The first-order chi connectivity index (χ1) is 26.2. The van der Waals surface area contributed by atoms with Gasteiger partial charge in [-0.15, -0.1) is 0 Å². The number of allylic oxidation sites excluding steroid dienone is 7. The minimum atomic E-state index is 0.211. The fourth-order valence-corrected chi connectivity index (χ4v) is 8.51. The number of benzene rings is 6. The second-order valence-electron chi connectivity index (χ2n) is 14.0. The first-order valence-corrected chi connectivity index (χ1v) is 18.5. The summed E-state index contributed by atoms with van der Waals surface area (Å²) in [5.41, 5.74) is 15.1. The van der Waals surface area contributed by atoms with Gasteiger partial charge in [0, 0.05) is 33.0 Å². The lowest BCUT2D eigenvalue weighted by atomic mass is 9.87. The molecule has 0 aliphatic heterocycles. The van der Waals surface area contributed by atoms with Crippen molar-refractivity contribution in [2.45, 2.75) is 18.8 Å². The zero-order valence-corrected chi connectivity index (χ0v) is 29.4. The Bertz CT molecular complexity index is 2930. The van der Waals surface area contributed by atoms with Crippen LogP contribution in [0.4, 0.5) is 0 Å². The van der Waals surface area contributed by atoms with Crippen molar-refractivity contribution < 1.29 is 4.42 Å². The lowest BCUT2D eigenvalue weighted by molar-refractivity contribution is 0.570. The van der Waals surface area contributed by atoms with Gasteiger partial charge >= 0.3 is 0 Å². The van der Waals surface area contributed by atoms with Crippen LogP contribution in [0.1, 0.15) is 41.0 Å². The molecule has 1 unspecified atom stereocenters. The van der Waals surface area contributed by atoms with Gasteiger partial charge in [0.25, 0.3) is 0 Å². The van der Waals surface area contributed by atoms with E-state index in [-0.39, 0.29) is 5.92 Å². The molecule has 0 bridgehead atoms. The number of hydrogen-bond donors (Lipinski definition) is 0. The zero-order chi connectivity index (χ0) is 35.3. The topological polar surface area (TPSA) is 18.1 Å². The van der Waals surface area contributed by atoms with Gasteiger partial charge in [-0.05, 0) is 106 Å². The molecule has 6 aromatic carbocycles. The molecule has 2 aliphatic carbocycles. The first kappa shape index (κ1) is 31.1. The summed E-state index contributed by atoms with van der Waals surface area (Å²) in [4.78, 5) is 0. The highest BCUT2D eigenvalue weighted by Gasteiger charge is 2.22. The van der Waals surface area contributed by atoms with Gasteiger partial charge in [-0.3, -0.25) is 0 Å². The van der Waals surface area contributed by atoms with Crippen LogP contribution in [0.15, 0.2) is 186 Å². The Hall–Kier alpha value is -6.64. The predicted octanol–water partition coefficient (Wildman–Crippen LogP) is 11.8. The molecule has 0 saturated heterocycles. The molecule has 0 N–H and O–H groups in total. The standard InChI is InChI=1S/C51H37NO/c1-2-40-41(28-25-36(34-15-6-3-7-16-34)31-44(40)35-17-8-4-9-18-35)43-22-14-24-50-51(43)46-33-38(27-30-49(46)53-50)37-26-29-48-45(32-37)42-21-12-13-23-47(42)52(48)39-19-10-5-11-20-39/h2-24,26,28-33,38H,1,25,27H2. The predicted molar refractivity (Wildman–Crippen MR) is 223 cm³/mol. The van der Waals surface area contributed by atoms with Crippen molar-refractivity contribution in [1.82, 2.24) is 4.57 Å². The Kier molecular flexibility index (Phi) is 7.54. The van der Waals surface area contributed by atoms with E-state index in [0.29, 0.717) is 0 Å². The number of hydrogen-bond acceptors (Lipinski definition) is 1. The van der Waals surface area contributed by atoms with E-state index < -0.39 is 0 Å². The van der Waals surface area contributed by atoms with Crippen molar-refractivity contribution in [2.24, 2.45) is 0 Å². The molecule has 1 atom stereocenters. The number of fused-ring (bicyclic) bond motifs is 6. The molecule has 2 aromatic heterocycles. The van der Waals surface area contributed by atoms with Crippen LogP contribution in [0.5, 0.6) is 0 Å². The lowest BCUT2D eigenvalue weighted by Crippen LogP contribution is -2.25. The van der Waals surface area contributed by atoms with E-state index in [1.54, 1.807) is 0 Å². The van der Waals surface area contributed by atoms with Crippen LogP contribution >= 0.6 is 0 Å². The maximum atomic E-state index is 6.62. The van der Waals surface area contributed by atoms with Gasteiger partial charge in [0.15, 0.2) is 0 Å². The molecule has 2 heteroatoms. The summed E-state index contributed by atoms with van der Waals surface area (Å²) >= 11 is 0. The van der Waals surface area contributed by atoms with Gasteiger partial charge in [0.1, 0.15) is 11.0 Å². The second kappa shape index (κ2) is 12.8. The third kappa shape index (κ3) is 5.26. The smallest absolute Gasteiger partial charge is 0.136 e. The fraction of sp³-hybridized carbons (Fsp3) is 0.0588. The molecular weight excluding hydrogens is 643 g/mol. The molecule has 2 aliphatic rings. The monoisotopic (exact) mass is 679 g/mol. The SMILES string of the molecule is C=CC1=C(c2ccccc2)C=C(c2ccccc2)CC=C1c1cccc2oc3c(c12)=CC(c1ccc2c(c1)c1ccccc1n2-c1ccccc1)CC=3. The number of aromatic nitrogens is 1. The highest BCUT2D eigenvalue weighted by molar-refractivity contribution is 6.10. The van der Waals surface area contributed by atoms with Gasteiger partial charge in [-0.25, -0.2) is 0 Å². The molecule has 2 heterocycles. The summed E-state index contributed by atoms with van der Waals surface area (Å²) in [5.74, 6) is 0.211. The van der Waals surface area contributed by atoms with E-state index in [1.165, 1.54) is 71.7 Å². The lowest BCUT2D eigenvalue weighted by Gasteiger charge is -2.16. The van der Waals surface area contributed by atoms with E-state index in [9.17, 15) is 0 Å². The van der Waals surface area contributed by atoms with Crippen LogP contribution in [0.25, 0.3) is 67.3 Å². The van der Waals surface area contributed by atoms with E-state index in [4.69, 9.17) is 4.42 Å². The quantitative estimate of drug-likeness (QED) is 0.171. The highest BCUT2D eigenvalue weighted by atomic mass is 16.3. The molecule has 0 amide bonds. The van der Waals surface area contributed by atoms with E-state index >= 15 is 0 Å². The van der Waals surface area contributed by atoms with Crippen LogP contribution in [0.3, 0.4) is 0 Å². The van der Waals surface area contributed by atoms with E-state index in [2.05, 4.69) is 187 Å². The van der Waals surface area contributed by atoms with E-state index in [1.807, 2.05) is 6.08 Å². The maximum Gasteiger partial charge on any atom is 0.136 e. The van der Waals surface area contributed by atoms with Crippen molar-refractivity contribution in [2.75, 3.05) is 0 Å². The number of furan rings is 1. The Labute approximate surface area is 309 Å². The normalized spacial score (nSPS) is 15.7. The Morgan fingerprint density at radius 3 is 2.17 bits per heavy atom. The fourth-order valence-electron chi connectivity index (χ4n) is 8.51. The van der Waals surface area contributed by atoms with Crippen LogP contribution in [0.2, 0.25) is 0 Å². The molecule has 0 spiro atoms. The average Bonchev–Trinajstić information content (AvgIpc) is 3.69. The summed E-state index contributed by atoms with van der Waals surface area (Å²) in [5, 5.41) is 4.88. The average molecular weight is 680 g/mol. The van der Waals surface area contributed by atoms with Gasteiger partial charge in [-0.1, -0.05) is 140 Å². The molecular formula is C51H37NO. The highest BCUT2D eigenvalue weighted by Crippen LogP contribution is 2.41. The van der Waals surface area contributed by atoms with Crippen LogP contribution in [0, 0.1) is 0 Å². The number of para-hydroxylation sites is 2. The summed E-state index contributed by atoms with van der Waals surface area (Å²) in [6.07, 6.45) is 13.2. The number of rotatable bonds is 6. The molecule has 8 aromatic rings. The van der Waals surface area contributed by atoms with Crippen molar-refractivity contribution in [3.63, 3.8) is 0 Å².